The Bertz CT molecular complexity index is 329. The van der Waals surface area contributed by atoms with Gasteiger partial charge in [0.05, 0.1) is 12.4 Å². The Kier molecular flexibility index (Phi) is 5.95. The number of amides is 1. The molecule has 1 aromatic heterocycles. The smallest absolute Gasteiger partial charge is 0.225 e. The van der Waals surface area contributed by atoms with E-state index in [0.717, 1.165) is 0 Å². The van der Waals surface area contributed by atoms with Crippen LogP contribution in [0.3, 0.4) is 0 Å². The van der Waals surface area contributed by atoms with Crippen molar-refractivity contribution in [3.63, 3.8) is 0 Å². The van der Waals surface area contributed by atoms with Crippen LogP contribution in [-0.4, -0.2) is 29.1 Å². The van der Waals surface area contributed by atoms with Crippen LogP contribution in [0.5, 0.6) is 0 Å². The monoisotopic (exact) mass is 287 g/mol. The van der Waals surface area contributed by atoms with Gasteiger partial charge in [-0.1, -0.05) is 0 Å². The van der Waals surface area contributed by atoms with Crippen LogP contribution >= 0.6 is 15.9 Å². The summed E-state index contributed by atoms with van der Waals surface area (Å²) in [6, 6.07) is 0. The highest BCUT2D eigenvalue weighted by molar-refractivity contribution is 9.10. The molecule has 0 fully saturated rings. The average Bonchev–Trinajstić information content (AvgIpc) is 2.28. The van der Waals surface area contributed by atoms with Gasteiger partial charge in [-0.3, -0.25) is 4.79 Å². The van der Waals surface area contributed by atoms with E-state index in [0.29, 0.717) is 36.5 Å². The minimum atomic E-state index is -0.0728. The first-order valence-corrected chi connectivity index (χ1v) is 5.87. The van der Waals surface area contributed by atoms with Crippen LogP contribution in [0.1, 0.15) is 19.8 Å². The lowest BCUT2D eigenvalue weighted by Gasteiger charge is -2.03. The fourth-order valence-electron chi connectivity index (χ4n) is 1.06. The molecule has 88 valence electrons. The number of nitrogens with zero attached hydrogens (tertiary/aromatic N) is 2. The number of carbonyl (C=O) groups is 1. The van der Waals surface area contributed by atoms with E-state index in [4.69, 9.17) is 4.74 Å². The molecule has 0 aliphatic heterocycles. The molecule has 1 N–H and O–H groups in total. The van der Waals surface area contributed by atoms with Crippen LogP contribution in [0.15, 0.2) is 17.0 Å². The molecule has 1 aromatic rings. The second kappa shape index (κ2) is 7.29. The topological polar surface area (TPSA) is 64.1 Å². The first-order chi connectivity index (χ1) is 7.72. The summed E-state index contributed by atoms with van der Waals surface area (Å²) in [5.74, 6) is 0.390. The molecule has 1 amide bonds. The van der Waals surface area contributed by atoms with Crippen LogP contribution in [0, 0.1) is 0 Å². The highest BCUT2D eigenvalue weighted by Gasteiger charge is 2.03. The van der Waals surface area contributed by atoms with E-state index in [2.05, 4.69) is 31.2 Å². The molecule has 0 aliphatic rings. The highest BCUT2D eigenvalue weighted by atomic mass is 79.9. The predicted octanol–water partition coefficient (Wildman–Crippen LogP) is 1.99. The summed E-state index contributed by atoms with van der Waals surface area (Å²) in [6.07, 6.45) is 4.18. The van der Waals surface area contributed by atoms with Crippen molar-refractivity contribution in [1.29, 1.82) is 0 Å². The minimum Gasteiger partial charge on any atom is -0.382 e. The zero-order chi connectivity index (χ0) is 11.8. The van der Waals surface area contributed by atoms with E-state index < -0.39 is 0 Å². The van der Waals surface area contributed by atoms with Gasteiger partial charge in [0.1, 0.15) is 4.60 Å². The Morgan fingerprint density at radius 2 is 2.31 bits per heavy atom. The lowest BCUT2D eigenvalue weighted by atomic mass is 10.3. The van der Waals surface area contributed by atoms with E-state index in [1.807, 2.05) is 6.92 Å². The molecule has 16 heavy (non-hydrogen) atoms. The second-order valence-electron chi connectivity index (χ2n) is 3.07. The molecule has 1 rings (SSSR count). The molecular weight excluding hydrogens is 274 g/mol. The van der Waals surface area contributed by atoms with E-state index in [1.54, 1.807) is 0 Å². The molecule has 0 aliphatic carbocycles. The molecule has 0 saturated carbocycles. The molecular formula is C10H14BrN3O2. The summed E-state index contributed by atoms with van der Waals surface area (Å²) in [5, 5.41) is 2.66. The Hall–Kier alpha value is -1.01. The van der Waals surface area contributed by atoms with Gasteiger partial charge in [-0.2, -0.15) is 0 Å². The normalized spacial score (nSPS) is 10.1. The molecule has 0 spiro atoms. The molecule has 1 heterocycles. The summed E-state index contributed by atoms with van der Waals surface area (Å²) in [6.45, 7) is 3.22. The SMILES string of the molecule is CCOCCCC(=O)Nc1cnc(Br)cn1. The van der Waals surface area contributed by atoms with Gasteiger partial charge in [0.25, 0.3) is 0 Å². The maximum atomic E-state index is 11.4. The average molecular weight is 288 g/mol. The molecule has 0 unspecified atom stereocenters. The van der Waals surface area contributed by atoms with Crippen molar-refractivity contribution >= 4 is 27.7 Å². The van der Waals surface area contributed by atoms with Crippen LogP contribution in [0.25, 0.3) is 0 Å². The molecule has 5 nitrogen and oxygen atoms in total. The number of hydrogen-bond donors (Lipinski definition) is 1. The van der Waals surface area contributed by atoms with E-state index in [-0.39, 0.29) is 5.91 Å². The Morgan fingerprint density at radius 3 is 2.94 bits per heavy atom. The van der Waals surface area contributed by atoms with Gasteiger partial charge >= 0.3 is 0 Å². The fraction of sp³-hybridized carbons (Fsp3) is 0.500. The number of halogens is 1. The maximum absolute atomic E-state index is 11.4. The van der Waals surface area contributed by atoms with Crippen molar-refractivity contribution in [3.05, 3.63) is 17.0 Å². The second-order valence-corrected chi connectivity index (χ2v) is 3.89. The maximum Gasteiger partial charge on any atom is 0.225 e. The number of rotatable bonds is 6. The lowest BCUT2D eigenvalue weighted by molar-refractivity contribution is -0.116. The fourth-order valence-corrected chi connectivity index (χ4v) is 1.27. The third-order valence-electron chi connectivity index (χ3n) is 1.78. The molecule has 0 atom stereocenters. The zero-order valence-corrected chi connectivity index (χ0v) is 10.7. The Morgan fingerprint density at radius 1 is 1.50 bits per heavy atom. The standard InChI is InChI=1S/C10H14BrN3O2/c1-2-16-5-3-4-10(15)14-9-7-12-8(11)6-13-9/h6-7H,2-5H2,1H3,(H,13,14,15). The summed E-state index contributed by atoms with van der Waals surface area (Å²) >= 11 is 3.17. The number of nitrogens with one attached hydrogen (secondary N) is 1. The summed E-state index contributed by atoms with van der Waals surface area (Å²) in [5.41, 5.74) is 0. The van der Waals surface area contributed by atoms with Crippen molar-refractivity contribution < 1.29 is 9.53 Å². The van der Waals surface area contributed by atoms with Crippen molar-refractivity contribution in [3.8, 4) is 0 Å². The third-order valence-corrected chi connectivity index (χ3v) is 2.19. The third kappa shape index (κ3) is 5.18. The quantitative estimate of drug-likeness (QED) is 0.813. The van der Waals surface area contributed by atoms with Gasteiger partial charge in [0.2, 0.25) is 5.91 Å². The molecule has 6 heteroatoms. The zero-order valence-electron chi connectivity index (χ0n) is 9.07. The van der Waals surface area contributed by atoms with Crippen molar-refractivity contribution in [2.24, 2.45) is 0 Å². The van der Waals surface area contributed by atoms with Crippen LogP contribution in [0.2, 0.25) is 0 Å². The summed E-state index contributed by atoms with van der Waals surface area (Å²) in [4.78, 5) is 19.4. The highest BCUT2D eigenvalue weighted by Crippen LogP contribution is 2.06. The molecule has 0 bridgehead atoms. The molecule has 0 radical (unpaired) electrons. The van der Waals surface area contributed by atoms with Crippen LogP contribution in [-0.2, 0) is 9.53 Å². The van der Waals surface area contributed by atoms with Crippen molar-refractivity contribution in [2.75, 3.05) is 18.5 Å². The van der Waals surface area contributed by atoms with Gasteiger partial charge in [-0.15, -0.1) is 0 Å². The van der Waals surface area contributed by atoms with Gasteiger partial charge in [0.15, 0.2) is 5.82 Å². The minimum absolute atomic E-state index is 0.0728. The van der Waals surface area contributed by atoms with Crippen LogP contribution in [0.4, 0.5) is 5.82 Å². The van der Waals surface area contributed by atoms with Crippen molar-refractivity contribution in [1.82, 2.24) is 9.97 Å². The van der Waals surface area contributed by atoms with E-state index in [1.165, 1.54) is 12.4 Å². The number of carbonyl (C=O) groups excluding carboxylic acids is 1. The van der Waals surface area contributed by atoms with Gasteiger partial charge < -0.3 is 10.1 Å². The Labute approximate surface area is 103 Å². The van der Waals surface area contributed by atoms with Crippen molar-refractivity contribution in [2.45, 2.75) is 19.8 Å². The van der Waals surface area contributed by atoms with E-state index in [9.17, 15) is 4.79 Å². The van der Waals surface area contributed by atoms with E-state index >= 15 is 0 Å². The first-order valence-electron chi connectivity index (χ1n) is 5.07. The number of ether oxygens (including phenoxy) is 1. The molecule has 0 saturated heterocycles. The summed E-state index contributed by atoms with van der Waals surface area (Å²) in [7, 11) is 0. The largest absolute Gasteiger partial charge is 0.382 e. The predicted molar refractivity (Wildman–Crippen MR) is 64.1 cm³/mol. The lowest BCUT2D eigenvalue weighted by Crippen LogP contribution is -2.13. The number of anilines is 1. The van der Waals surface area contributed by atoms with Crippen LogP contribution < -0.4 is 5.32 Å². The van der Waals surface area contributed by atoms with Gasteiger partial charge in [-0.05, 0) is 29.3 Å². The Balaban J connectivity index is 2.26. The molecule has 0 aromatic carbocycles. The van der Waals surface area contributed by atoms with Gasteiger partial charge in [-0.25, -0.2) is 9.97 Å². The summed E-state index contributed by atoms with van der Waals surface area (Å²) < 4.78 is 5.78. The number of hydrogen-bond acceptors (Lipinski definition) is 4. The number of aromatic nitrogens is 2. The van der Waals surface area contributed by atoms with Gasteiger partial charge in [0, 0.05) is 19.6 Å². The first kappa shape index (κ1) is 13.1.